The summed E-state index contributed by atoms with van der Waals surface area (Å²) in [5.74, 6) is 1.56. The van der Waals surface area contributed by atoms with E-state index in [-0.39, 0.29) is 11.9 Å². The van der Waals surface area contributed by atoms with Gasteiger partial charge in [0.25, 0.3) is 5.91 Å². The number of amides is 1. The van der Waals surface area contributed by atoms with Gasteiger partial charge in [0.2, 0.25) is 0 Å². The molecule has 0 spiro atoms. The number of hydrogen-bond donors (Lipinski definition) is 1. The van der Waals surface area contributed by atoms with Gasteiger partial charge in [-0.05, 0) is 50.8 Å². The minimum atomic E-state index is 0.0904. The molecule has 1 fully saturated rings. The summed E-state index contributed by atoms with van der Waals surface area (Å²) in [5, 5.41) is 0. The highest BCUT2D eigenvalue weighted by Gasteiger charge is 2.31. The highest BCUT2D eigenvalue weighted by atomic mass is 16.2. The predicted molar refractivity (Wildman–Crippen MR) is 95.3 cm³/mol. The van der Waals surface area contributed by atoms with E-state index in [0.717, 1.165) is 42.2 Å². The lowest BCUT2D eigenvalue weighted by atomic mass is 9.92. The average molecular weight is 326 g/mol. The molecule has 0 aromatic carbocycles. The van der Waals surface area contributed by atoms with Gasteiger partial charge in [-0.2, -0.15) is 0 Å². The molecule has 0 radical (unpaired) electrons. The van der Waals surface area contributed by atoms with E-state index >= 15 is 0 Å². The Morgan fingerprint density at radius 1 is 1.38 bits per heavy atom. The first-order valence-electron chi connectivity index (χ1n) is 8.64. The maximum Gasteiger partial charge on any atom is 0.255 e. The van der Waals surface area contributed by atoms with E-state index < -0.39 is 0 Å². The van der Waals surface area contributed by atoms with Gasteiger partial charge in [0.05, 0.1) is 5.56 Å². The summed E-state index contributed by atoms with van der Waals surface area (Å²) in [6.45, 7) is 7.54. The minimum Gasteiger partial charge on any atom is -0.334 e. The largest absolute Gasteiger partial charge is 0.334 e. The van der Waals surface area contributed by atoms with E-state index in [2.05, 4.69) is 11.9 Å². The van der Waals surface area contributed by atoms with E-state index in [1.165, 1.54) is 0 Å². The molecule has 2 N–H and O–H groups in total. The van der Waals surface area contributed by atoms with E-state index in [9.17, 15) is 4.79 Å². The summed E-state index contributed by atoms with van der Waals surface area (Å²) >= 11 is 0. The molecule has 5 heteroatoms. The Hall–Kier alpha value is -2.14. The van der Waals surface area contributed by atoms with E-state index in [1.54, 1.807) is 6.20 Å². The van der Waals surface area contributed by atoms with Gasteiger partial charge in [0, 0.05) is 36.7 Å². The Bertz CT molecular complexity index is 722. The van der Waals surface area contributed by atoms with Crippen LogP contribution in [-0.4, -0.2) is 39.5 Å². The maximum atomic E-state index is 13.1. The number of carbonyl (C=O) groups is 1. The van der Waals surface area contributed by atoms with Gasteiger partial charge in [-0.1, -0.05) is 13.0 Å². The highest BCUT2D eigenvalue weighted by Crippen LogP contribution is 2.26. The molecule has 1 aliphatic rings. The summed E-state index contributed by atoms with van der Waals surface area (Å²) in [6.07, 6.45) is 3.80. The smallest absolute Gasteiger partial charge is 0.255 e. The van der Waals surface area contributed by atoms with E-state index in [1.807, 2.05) is 47.6 Å². The van der Waals surface area contributed by atoms with Gasteiger partial charge in [0.15, 0.2) is 0 Å². The molecule has 1 amide bonds. The summed E-state index contributed by atoms with van der Waals surface area (Å²) in [6, 6.07) is 7.92. The maximum absolute atomic E-state index is 13.1. The highest BCUT2D eigenvalue weighted by molar-refractivity contribution is 5.96. The molecule has 1 saturated heterocycles. The SMILES string of the molecule is Cc1cc(C(=O)N2CCC(C)CC2CN)c(C)n1-c1ccccn1. The second-order valence-electron chi connectivity index (χ2n) is 6.83. The molecule has 2 aromatic rings. The van der Waals surface area contributed by atoms with Crippen LogP contribution in [0.15, 0.2) is 30.5 Å². The van der Waals surface area contributed by atoms with Gasteiger partial charge in [0.1, 0.15) is 5.82 Å². The van der Waals surface area contributed by atoms with Crippen molar-refractivity contribution in [3.05, 3.63) is 47.4 Å². The third-order valence-corrected chi connectivity index (χ3v) is 5.05. The van der Waals surface area contributed by atoms with Crippen molar-refractivity contribution in [1.82, 2.24) is 14.5 Å². The monoisotopic (exact) mass is 326 g/mol. The molecule has 24 heavy (non-hydrogen) atoms. The molecule has 3 rings (SSSR count). The Kier molecular flexibility index (Phi) is 4.71. The van der Waals surface area contributed by atoms with Gasteiger partial charge in [-0.25, -0.2) is 4.98 Å². The van der Waals surface area contributed by atoms with E-state index in [0.29, 0.717) is 12.5 Å². The van der Waals surface area contributed by atoms with Crippen LogP contribution in [0.3, 0.4) is 0 Å². The molecule has 0 saturated carbocycles. The molecule has 3 heterocycles. The van der Waals surface area contributed by atoms with Crippen LogP contribution < -0.4 is 5.73 Å². The fraction of sp³-hybridized carbons (Fsp3) is 0.474. The quantitative estimate of drug-likeness (QED) is 0.943. The average Bonchev–Trinajstić information content (AvgIpc) is 2.89. The van der Waals surface area contributed by atoms with Crippen LogP contribution in [0.2, 0.25) is 0 Å². The first-order chi connectivity index (χ1) is 11.5. The first kappa shape index (κ1) is 16.7. The fourth-order valence-electron chi connectivity index (χ4n) is 3.72. The standard InChI is InChI=1S/C19H26N4O/c1-13-7-9-22(16(10-13)12-20)19(24)17-11-14(2)23(15(17)3)18-6-4-5-8-21-18/h4-6,8,11,13,16H,7,9-10,12,20H2,1-3H3. The van der Waals surface area contributed by atoms with Gasteiger partial charge < -0.3 is 15.2 Å². The van der Waals surface area contributed by atoms with Crippen molar-refractivity contribution in [3.63, 3.8) is 0 Å². The number of pyridine rings is 1. The van der Waals surface area contributed by atoms with Crippen molar-refractivity contribution in [2.24, 2.45) is 11.7 Å². The Morgan fingerprint density at radius 2 is 2.17 bits per heavy atom. The van der Waals surface area contributed by atoms with Crippen molar-refractivity contribution >= 4 is 5.91 Å². The zero-order chi connectivity index (χ0) is 17.3. The number of piperidine rings is 1. The third-order valence-electron chi connectivity index (χ3n) is 5.05. The number of aryl methyl sites for hydroxylation is 1. The Labute approximate surface area is 143 Å². The van der Waals surface area contributed by atoms with Crippen molar-refractivity contribution in [3.8, 4) is 5.82 Å². The molecule has 5 nitrogen and oxygen atoms in total. The molecular formula is C19H26N4O. The summed E-state index contributed by atoms with van der Waals surface area (Å²) in [7, 11) is 0. The zero-order valence-corrected chi connectivity index (χ0v) is 14.7. The van der Waals surface area contributed by atoms with Crippen LogP contribution in [0.25, 0.3) is 5.82 Å². The Morgan fingerprint density at radius 3 is 2.83 bits per heavy atom. The number of nitrogens with two attached hydrogens (primary N) is 1. The van der Waals surface area contributed by atoms with Crippen molar-refractivity contribution in [1.29, 1.82) is 0 Å². The molecular weight excluding hydrogens is 300 g/mol. The van der Waals surface area contributed by atoms with Crippen LogP contribution >= 0.6 is 0 Å². The van der Waals surface area contributed by atoms with Crippen molar-refractivity contribution < 1.29 is 4.79 Å². The lowest BCUT2D eigenvalue weighted by Crippen LogP contribution is -2.49. The lowest BCUT2D eigenvalue weighted by molar-refractivity contribution is 0.0573. The van der Waals surface area contributed by atoms with Crippen LogP contribution in [0, 0.1) is 19.8 Å². The van der Waals surface area contributed by atoms with Crippen LogP contribution in [-0.2, 0) is 0 Å². The third kappa shape index (κ3) is 2.96. The number of aromatic nitrogens is 2. The van der Waals surface area contributed by atoms with Gasteiger partial charge in [-0.15, -0.1) is 0 Å². The van der Waals surface area contributed by atoms with Gasteiger partial charge >= 0.3 is 0 Å². The molecule has 128 valence electrons. The van der Waals surface area contributed by atoms with Crippen molar-refractivity contribution in [2.45, 2.75) is 39.7 Å². The van der Waals surface area contributed by atoms with Crippen LogP contribution in [0.1, 0.15) is 41.5 Å². The number of nitrogens with zero attached hydrogens (tertiary/aromatic N) is 3. The molecule has 0 aliphatic carbocycles. The predicted octanol–water partition coefficient (Wildman–Crippen LogP) is 2.69. The second kappa shape index (κ2) is 6.77. The van der Waals surface area contributed by atoms with E-state index in [4.69, 9.17) is 5.73 Å². The normalized spacial score (nSPS) is 21.1. The topological polar surface area (TPSA) is 64.2 Å². The first-order valence-corrected chi connectivity index (χ1v) is 8.64. The number of rotatable bonds is 3. The minimum absolute atomic E-state index is 0.0904. The van der Waals surface area contributed by atoms with Crippen molar-refractivity contribution in [2.75, 3.05) is 13.1 Å². The second-order valence-corrected chi connectivity index (χ2v) is 6.83. The Balaban J connectivity index is 1.94. The number of carbonyl (C=O) groups excluding carboxylic acids is 1. The number of likely N-dealkylation sites (tertiary alicyclic amines) is 1. The molecule has 0 bridgehead atoms. The fourth-order valence-corrected chi connectivity index (χ4v) is 3.72. The summed E-state index contributed by atoms with van der Waals surface area (Å²) in [4.78, 5) is 19.5. The van der Waals surface area contributed by atoms with Crippen LogP contribution in [0.5, 0.6) is 0 Å². The van der Waals surface area contributed by atoms with Gasteiger partial charge in [-0.3, -0.25) is 4.79 Å². The van der Waals surface area contributed by atoms with Crippen LogP contribution in [0.4, 0.5) is 0 Å². The molecule has 2 atom stereocenters. The lowest BCUT2D eigenvalue weighted by Gasteiger charge is -2.38. The molecule has 2 aromatic heterocycles. The summed E-state index contributed by atoms with van der Waals surface area (Å²) in [5.41, 5.74) is 8.64. The zero-order valence-electron chi connectivity index (χ0n) is 14.7. The molecule has 1 aliphatic heterocycles. The summed E-state index contributed by atoms with van der Waals surface area (Å²) < 4.78 is 2.04. The molecule has 2 unspecified atom stereocenters. The number of hydrogen-bond acceptors (Lipinski definition) is 3.